The molecule has 4 aromatic rings. The molecule has 0 bridgehead atoms. The van der Waals surface area contributed by atoms with Crippen LogP contribution in [0.25, 0.3) is 11.1 Å². The molecule has 10 nitrogen and oxygen atoms in total. The van der Waals surface area contributed by atoms with Crippen LogP contribution in [0.1, 0.15) is 47.7 Å². The quantitative estimate of drug-likeness (QED) is 0.184. The molecule has 2 N–H and O–H groups in total. The van der Waals surface area contributed by atoms with E-state index in [1.54, 1.807) is 23.4 Å². The van der Waals surface area contributed by atoms with Crippen LogP contribution in [0, 0.1) is 12.7 Å². The van der Waals surface area contributed by atoms with Crippen LogP contribution in [0.4, 0.5) is 10.1 Å². The normalized spacial score (nSPS) is 13.3. The molecule has 0 aliphatic carbocycles. The van der Waals surface area contributed by atoms with Gasteiger partial charge in [0.05, 0.1) is 37.9 Å². The standard InChI is InChI=1S/C34H33Cl2FN4O6/c1-20(47-30-9-4-7-26(35)21(30)2)14-31(42)41-12-5-13-46-33-24(6-3-8-29(33)41)23-17-39-40(18-23)19-25-27(36)15-22(16-28(25)37)34(45)38-11-10-32(43)44/h3-4,6-9,15-18,20H,5,10-14,19H2,1-2H3,(H,38,45)(H,43,44). The molecule has 0 fully saturated rings. The van der Waals surface area contributed by atoms with E-state index in [-0.39, 0.29) is 48.0 Å². The van der Waals surface area contributed by atoms with E-state index < -0.39 is 23.8 Å². The molecule has 1 aliphatic heterocycles. The van der Waals surface area contributed by atoms with Crippen LogP contribution in [-0.4, -0.2) is 58.5 Å². The number of hydrogen-bond donors (Lipinski definition) is 2. The van der Waals surface area contributed by atoms with Crippen LogP contribution in [0.15, 0.2) is 60.9 Å². The number of rotatable bonds is 11. The van der Waals surface area contributed by atoms with E-state index in [0.29, 0.717) is 52.9 Å². The predicted octanol–water partition coefficient (Wildman–Crippen LogP) is 6.53. The lowest BCUT2D eigenvalue weighted by Crippen LogP contribution is -2.34. The molecule has 2 amide bonds. The number of para-hydroxylation sites is 1. The van der Waals surface area contributed by atoms with E-state index in [2.05, 4.69) is 10.4 Å². The van der Waals surface area contributed by atoms with Crippen molar-refractivity contribution in [1.82, 2.24) is 15.1 Å². The smallest absolute Gasteiger partial charge is 0.305 e. The summed E-state index contributed by atoms with van der Waals surface area (Å²) in [6.07, 6.45) is 3.46. The highest BCUT2D eigenvalue weighted by atomic mass is 35.5. The minimum Gasteiger partial charge on any atom is -0.491 e. The third-order valence-corrected chi connectivity index (χ3v) is 8.41. The van der Waals surface area contributed by atoms with Crippen molar-refractivity contribution in [3.63, 3.8) is 0 Å². The minimum atomic E-state index is -1.06. The van der Waals surface area contributed by atoms with Gasteiger partial charge in [-0.2, -0.15) is 5.10 Å². The predicted molar refractivity (Wildman–Crippen MR) is 176 cm³/mol. The topological polar surface area (TPSA) is 123 Å². The van der Waals surface area contributed by atoms with Crippen molar-refractivity contribution in [2.75, 3.05) is 24.6 Å². The van der Waals surface area contributed by atoms with Crippen LogP contribution in [0.2, 0.25) is 10.0 Å². The zero-order valence-electron chi connectivity index (χ0n) is 25.8. The number of nitrogens with one attached hydrogen (secondary N) is 1. The summed E-state index contributed by atoms with van der Waals surface area (Å²) in [5.41, 5.74) is 2.96. The van der Waals surface area contributed by atoms with Gasteiger partial charge < -0.3 is 24.8 Å². The number of aliphatic carboxylic acids is 1. The Kier molecular flexibility index (Phi) is 10.7. The second-order valence-corrected chi connectivity index (χ2v) is 12.0. The summed E-state index contributed by atoms with van der Waals surface area (Å²) in [7, 11) is 0. The lowest BCUT2D eigenvalue weighted by atomic mass is 10.1. The molecule has 47 heavy (non-hydrogen) atoms. The second-order valence-electron chi connectivity index (χ2n) is 11.1. The van der Waals surface area contributed by atoms with E-state index in [9.17, 15) is 14.4 Å². The molecule has 1 aromatic heterocycles. The summed E-state index contributed by atoms with van der Waals surface area (Å²) in [6, 6.07) is 13.4. The minimum absolute atomic E-state index is 0.0178. The Hall–Kier alpha value is -4.61. The van der Waals surface area contributed by atoms with Gasteiger partial charge in [0.1, 0.15) is 17.7 Å². The van der Waals surface area contributed by atoms with Crippen molar-refractivity contribution in [3.05, 3.63) is 93.5 Å². The Morgan fingerprint density at radius 2 is 1.94 bits per heavy atom. The number of carbonyl (C=O) groups excluding carboxylic acids is 2. The summed E-state index contributed by atoms with van der Waals surface area (Å²) in [6.45, 7) is 4.49. The van der Waals surface area contributed by atoms with Gasteiger partial charge in [-0.05, 0) is 50.6 Å². The highest BCUT2D eigenvalue weighted by molar-refractivity contribution is 6.32. The largest absolute Gasteiger partial charge is 0.491 e. The summed E-state index contributed by atoms with van der Waals surface area (Å²) < 4.78 is 28.8. The van der Waals surface area contributed by atoms with E-state index in [1.165, 1.54) is 10.7 Å². The van der Waals surface area contributed by atoms with Gasteiger partial charge in [0.2, 0.25) is 5.91 Å². The van der Waals surface area contributed by atoms with Crippen molar-refractivity contribution in [2.24, 2.45) is 0 Å². The van der Waals surface area contributed by atoms with Gasteiger partial charge in [-0.1, -0.05) is 41.4 Å². The maximum atomic E-state index is 15.1. The first-order valence-electron chi connectivity index (χ1n) is 15.0. The SMILES string of the molecule is Cc1c(Cl)cccc1OC(C)CC(=O)N1CCCOc2c(-c3cnn(Cc4c(F)cc(C(=O)NCCC(=O)O)cc4Cl)c3)cccc21. The number of carboxylic acid groups (broad SMARTS) is 1. The number of amides is 2. The van der Waals surface area contributed by atoms with E-state index in [4.69, 9.17) is 37.8 Å². The third kappa shape index (κ3) is 8.04. The number of hydrogen-bond acceptors (Lipinski definition) is 6. The van der Waals surface area contributed by atoms with Gasteiger partial charge in [-0.25, -0.2) is 4.39 Å². The highest BCUT2D eigenvalue weighted by Crippen LogP contribution is 2.40. The second kappa shape index (κ2) is 14.9. The van der Waals surface area contributed by atoms with Crippen molar-refractivity contribution in [2.45, 2.75) is 45.8 Å². The summed E-state index contributed by atoms with van der Waals surface area (Å²) in [5, 5.41) is 16.2. The number of fused-ring (bicyclic) bond motifs is 1. The molecular weight excluding hydrogens is 650 g/mol. The Balaban J connectivity index is 1.32. The van der Waals surface area contributed by atoms with Gasteiger partial charge in [0.15, 0.2) is 5.75 Å². The number of benzene rings is 3. The highest BCUT2D eigenvalue weighted by Gasteiger charge is 2.27. The van der Waals surface area contributed by atoms with E-state index >= 15 is 4.39 Å². The Morgan fingerprint density at radius 1 is 1.15 bits per heavy atom. The Bertz CT molecular complexity index is 1790. The van der Waals surface area contributed by atoms with Gasteiger partial charge in [0, 0.05) is 57.1 Å². The summed E-state index contributed by atoms with van der Waals surface area (Å²) >= 11 is 12.6. The van der Waals surface area contributed by atoms with Gasteiger partial charge in [-0.15, -0.1) is 0 Å². The summed E-state index contributed by atoms with van der Waals surface area (Å²) in [5.74, 6) is -1.33. The van der Waals surface area contributed by atoms with Crippen LogP contribution in [-0.2, 0) is 16.1 Å². The number of halogens is 3. The molecule has 0 spiro atoms. The average molecular weight is 684 g/mol. The van der Waals surface area contributed by atoms with Gasteiger partial charge in [-0.3, -0.25) is 19.1 Å². The molecule has 5 rings (SSSR count). The number of ether oxygens (including phenoxy) is 2. The molecule has 1 unspecified atom stereocenters. The molecule has 0 saturated heterocycles. The first-order chi connectivity index (χ1) is 22.5. The Morgan fingerprint density at radius 3 is 2.70 bits per heavy atom. The van der Waals surface area contributed by atoms with E-state index in [0.717, 1.165) is 11.6 Å². The van der Waals surface area contributed by atoms with Gasteiger partial charge in [0.25, 0.3) is 5.91 Å². The lowest BCUT2D eigenvalue weighted by molar-refractivity contribution is -0.136. The first-order valence-corrected chi connectivity index (χ1v) is 15.8. The van der Waals surface area contributed by atoms with Gasteiger partial charge >= 0.3 is 5.97 Å². The van der Waals surface area contributed by atoms with Crippen LogP contribution >= 0.6 is 23.2 Å². The van der Waals surface area contributed by atoms with Crippen molar-refractivity contribution in [3.8, 4) is 22.6 Å². The number of carbonyl (C=O) groups is 3. The van der Waals surface area contributed by atoms with Crippen molar-refractivity contribution in [1.29, 1.82) is 0 Å². The maximum absolute atomic E-state index is 15.1. The number of carboxylic acids is 1. The molecule has 0 radical (unpaired) electrons. The fourth-order valence-corrected chi connectivity index (χ4v) is 5.68. The zero-order chi connectivity index (χ0) is 33.7. The zero-order valence-corrected chi connectivity index (χ0v) is 27.3. The average Bonchev–Trinajstić information content (AvgIpc) is 3.38. The number of anilines is 1. The molecule has 13 heteroatoms. The van der Waals surface area contributed by atoms with Crippen molar-refractivity contribution < 1.29 is 33.4 Å². The number of nitrogens with zero attached hydrogens (tertiary/aromatic N) is 3. The fourth-order valence-electron chi connectivity index (χ4n) is 5.24. The van der Waals surface area contributed by atoms with Crippen LogP contribution < -0.4 is 19.7 Å². The molecule has 3 aromatic carbocycles. The fraction of sp³-hybridized carbons (Fsp3) is 0.294. The molecule has 2 heterocycles. The van der Waals surface area contributed by atoms with Crippen LogP contribution in [0.3, 0.4) is 0 Å². The third-order valence-electron chi connectivity index (χ3n) is 7.66. The molecule has 0 saturated carbocycles. The van der Waals surface area contributed by atoms with Crippen LogP contribution in [0.5, 0.6) is 11.5 Å². The molecular formula is C34H33Cl2FN4O6. The van der Waals surface area contributed by atoms with Crippen molar-refractivity contribution >= 4 is 46.7 Å². The first kappa shape index (κ1) is 33.7. The Labute approximate surface area is 281 Å². The monoisotopic (exact) mass is 682 g/mol. The maximum Gasteiger partial charge on any atom is 0.305 e. The lowest BCUT2D eigenvalue weighted by Gasteiger charge is -2.25. The molecule has 1 atom stereocenters. The van der Waals surface area contributed by atoms with E-state index in [1.807, 2.05) is 44.2 Å². The number of aromatic nitrogens is 2. The summed E-state index contributed by atoms with van der Waals surface area (Å²) in [4.78, 5) is 38.3. The molecule has 246 valence electrons. The molecule has 1 aliphatic rings.